The SMILES string of the molecule is [2H]c1c([2H])c([2H])c(-c2c([2H])c([2H])c(-c3nc(-c4ccc(-c5ccccc5)cc4)nc(-c4ccc(-c5ccccc5)cc4)n3)c3oc4c([2H])c([2H])c([2H])c([2H])c4c23)c([2H])c1[2H]. The Morgan fingerprint density at radius 2 is 0.857 bits per heavy atom. The van der Waals surface area contributed by atoms with Crippen molar-refractivity contribution in [2.75, 3.05) is 0 Å². The van der Waals surface area contributed by atoms with E-state index in [0.717, 1.165) is 22.3 Å². The van der Waals surface area contributed by atoms with Gasteiger partial charge in [-0.3, -0.25) is 0 Å². The van der Waals surface area contributed by atoms with Crippen molar-refractivity contribution in [1.29, 1.82) is 0 Å². The van der Waals surface area contributed by atoms with Crippen molar-refractivity contribution >= 4 is 21.9 Å². The molecule has 9 aromatic rings. The molecule has 0 aliphatic heterocycles. The number of para-hydroxylation sites is 1. The predicted octanol–water partition coefficient (Wildman–Crippen LogP) is 11.8. The minimum Gasteiger partial charge on any atom is -0.455 e. The molecule has 0 saturated carbocycles. The number of hydrogen-bond donors (Lipinski definition) is 0. The fourth-order valence-corrected chi connectivity index (χ4v) is 5.83. The second-order valence-corrected chi connectivity index (χ2v) is 11.2. The number of aromatic nitrogens is 3. The third-order valence-corrected chi connectivity index (χ3v) is 8.23. The first-order chi connectivity index (χ1) is 28.8. The highest BCUT2D eigenvalue weighted by Gasteiger charge is 2.20. The topological polar surface area (TPSA) is 51.8 Å². The zero-order chi connectivity index (χ0) is 42.1. The second kappa shape index (κ2) is 12.2. The summed E-state index contributed by atoms with van der Waals surface area (Å²) < 4.78 is 103. The summed E-state index contributed by atoms with van der Waals surface area (Å²) in [5.41, 5.74) is 3.61. The summed E-state index contributed by atoms with van der Waals surface area (Å²) in [5.74, 6) is 0.284. The molecule has 2 heterocycles. The fourth-order valence-electron chi connectivity index (χ4n) is 5.83. The lowest BCUT2D eigenvalue weighted by atomic mass is 9.97. The molecule has 7 aromatic carbocycles. The molecule has 49 heavy (non-hydrogen) atoms. The molecule has 9 rings (SSSR count). The summed E-state index contributed by atoms with van der Waals surface area (Å²) in [6.07, 6.45) is 0. The molecule has 230 valence electrons. The fraction of sp³-hybridized carbons (Fsp3) is 0. The van der Waals surface area contributed by atoms with Crippen molar-refractivity contribution < 1.29 is 19.5 Å². The lowest BCUT2D eigenvalue weighted by Gasteiger charge is -2.11. The summed E-state index contributed by atoms with van der Waals surface area (Å²) in [6, 6.07) is 27.9. The molecule has 0 aliphatic carbocycles. The Labute approximate surface area is 299 Å². The maximum Gasteiger partial charge on any atom is 0.167 e. The highest BCUT2D eigenvalue weighted by molar-refractivity contribution is 6.15. The van der Waals surface area contributed by atoms with Crippen LogP contribution in [0.2, 0.25) is 0 Å². The van der Waals surface area contributed by atoms with Crippen LogP contribution in [-0.4, -0.2) is 15.0 Å². The van der Waals surface area contributed by atoms with Gasteiger partial charge >= 0.3 is 0 Å². The normalized spacial score (nSPS) is 14.4. The van der Waals surface area contributed by atoms with Gasteiger partial charge in [-0.2, -0.15) is 0 Å². The lowest BCUT2D eigenvalue weighted by Crippen LogP contribution is -2.00. The first-order valence-electron chi connectivity index (χ1n) is 21.0. The molecule has 0 aliphatic rings. The van der Waals surface area contributed by atoms with Crippen molar-refractivity contribution in [2.45, 2.75) is 0 Å². The van der Waals surface area contributed by atoms with E-state index >= 15 is 0 Å². The Balaban J connectivity index is 1.36. The minimum atomic E-state index is -0.688. The first-order valence-corrected chi connectivity index (χ1v) is 15.5. The smallest absolute Gasteiger partial charge is 0.167 e. The number of benzene rings is 7. The third kappa shape index (κ3) is 5.35. The van der Waals surface area contributed by atoms with Gasteiger partial charge in [0, 0.05) is 21.9 Å². The van der Waals surface area contributed by atoms with Crippen LogP contribution in [0.4, 0.5) is 0 Å². The summed E-state index contributed by atoms with van der Waals surface area (Å²) in [6.45, 7) is 0. The molecule has 4 nitrogen and oxygen atoms in total. The zero-order valence-electron chi connectivity index (χ0n) is 36.6. The van der Waals surface area contributed by atoms with Crippen LogP contribution < -0.4 is 0 Å². The Bertz CT molecular complexity index is 3060. The van der Waals surface area contributed by atoms with E-state index < -0.39 is 72.0 Å². The molecule has 0 radical (unpaired) electrons. The van der Waals surface area contributed by atoms with Crippen LogP contribution in [0, 0.1) is 0 Å². The van der Waals surface area contributed by atoms with Crippen LogP contribution in [0.5, 0.6) is 0 Å². The Morgan fingerprint density at radius 1 is 0.388 bits per heavy atom. The van der Waals surface area contributed by atoms with Gasteiger partial charge in [0.2, 0.25) is 0 Å². The van der Waals surface area contributed by atoms with Gasteiger partial charge in [-0.25, -0.2) is 15.0 Å². The third-order valence-electron chi connectivity index (χ3n) is 8.23. The first kappa shape index (κ1) is 19.2. The average Bonchev–Trinajstić information content (AvgIpc) is 3.68. The lowest BCUT2D eigenvalue weighted by molar-refractivity contribution is 0.669. The predicted molar refractivity (Wildman–Crippen MR) is 200 cm³/mol. The molecule has 0 fully saturated rings. The van der Waals surface area contributed by atoms with Crippen molar-refractivity contribution in [3.8, 4) is 67.5 Å². The van der Waals surface area contributed by atoms with Crippen molar-refractivity contribution in [2.24, 2.45) is 0 Å². The highest BCUT2D eigenvalue weighted by Crippen LogP contribution is 2.41. The standard InChI is InChI=1S/C45H29N3O/c1-4-12-30(13-5-1)32-20-24-35(25-21-32)43-46-44(36-26-22-33(23-27-36)31-14-6-2-7-15-31)48-45(47-43)39-29-28-37(34-16-8-3-9-17-34)41-38-18-10-11-19-40(38)49-42(39)41/h1-29H/i3D,8D,9D,10D,11D,16D,17D,18D,19D,28D,29D. The van der Waals surface area contributed by atoms with E-state index in [1.54, 1.807) is 0 Å². The van der Waals surface area contributed by atoms with Crippen LogP contribution in [0.1, 0.15) is 15.1 Å². The van der Waals surface area contributed by atoms with Crippen LogP contribution in [0.3, 0.4) is 0 Å². The van der Waals surface area contributed by atoms with Gasteiger partial charge in [-0.1, -0.05) is 164 Å². The van der Waals surface area contributed by atoms with Gasteiger partial charge in [0.1, 0.15) is 11.2 Å². The maximum atomic E-state index is 9.49. The van der Waals surface area contributed by atoms with E-state index in [2.05, 4.69) is 0 Å². The largest absolute Gasteiger partial charge is 0.455 e. The number of nitrogens with zero attached hydrogens (tertiary/aromatic N) is 3. The molecule has 0 saturated heterocycles. The number of hydrogen-bond acceptors (Lipinski definition) is 4. The Morgan fingerprint density at radius 3 is 1.45 bits per heavy atom. The summed E-state index contributed by atoms with van der Waals surface area (Å²) >= 11 is 0. The average molecular weight is 639 g/mol. The Kier molecular flexibility index (Phi) is 4.78. The minimum absolute atomic E-state index is 0.125. The van der Waals surface area contributed by atoms with Gasteiger partial charge in [-0.15, -0.1) is 0 Å². The Hall–Kier alpha value is -6.65. The number of rotatable bonds is 6. The van der Waals surface area contributed by atoms with E-state index in [1.807, 2.05) is 109 Å². The van der Waals surface area contributed by atoms with Crippen LogP contribution in [-0.2, 0) is 0 Å². The van der Waals surface area contributed by atoms with Gasteiger partial charge in [0.05, 0.1) is 20.6 Å². The zero-order valence-corrected chi connectivity index (χ0v) is 25.6. The van der Waals surface area contributed by atoms with E-state index in [1.165, 1.54) is 0 Å². The van der Waals surface area contributed by atoms with Gasteiger partial charge in [0.25, 0.3) is 0 Å². The number of fused-ring (bicyclic) bond motifs is 3. The quantitative estimate of drug-likeness (QED) is 0.182. The van der Waals surface area contributed by atoms with Gasteiger partial charge in [0.15, 0.2) is 17.5 Å². The summed E-state index contributed by atoms with van der Waals surface area (Å²) in [7, 11) is 0. The maximum absolute atomic E-state index is 9.49. The molecule has 0 bridgehead atoms. The van der Waals surface area contributed by atoms with Crippen molar-refractivity contribution in [3.63, 3.8) is 0 Å². The molecular formula is C45H29N3O. The molecule has 0 unspecified atom stereocenters. The van der Waals surface area contributed by atoms with Crippen molar-refractivity contribution in [1.82, 2.24) is 15.0 Å². The van der Waals surface area contributed by atoms with E-state index in [0.29, 0.717) is 11.1 Å². The monoisotopic (exact) mass is 638 g/mol. The highest BCUT2D eigenvalue weighted by atomic mass is 16.3. The molecule has 0 atom stereocenters. The second-order valence-electron chi connectivity index (χ2n) is 11.2. The molecular weight excluding hydrogens is 599 g/mol. The van der Waals surface area contributed by atoms with E-state index in [-0.39, 0.29) is 50.5 Å². The number of furan rings is 1. The van der Waals surface area contributed by atoms with Crippen molar-refractivity contribution in [3.05, 3.63) is 176 Å². The van der Waals surface area contributed by atoms with E-state index in [9.17, 15) is 2.74 Å². The van der Waals surface area contributed by atoms with E-state index in [4.69, 9.17) is 31.7 Å². The van der Waals surface area contributed by atoms with Gasteiger partial charge < -0.3 is 4.42 Å². The molecule has 0 N–H and O–H groups in total. The van der Waals surface area contributed by atoms with Crippen LogP contribution in [0.25, 0.3) is 89.5 Å². The molecule has 2 aromatic heterocycles. The van der Waals surface area contributed by atoms with Crippen LogP contribution in [0.15, 0.2) is 180 Å². The summed E-state index contributed by atoms with van der Waals surface area (Å²) in [4.78, 5) is 14.5. The molecule has 0 spiro atoms. The molecule has 4 heteroatoms. The molecule has 0 amide bonds. The van der Waals surface area contributed by atoms with Gasteiger partial charge in [-0.05, 0) is 45.5 Å². The van der Waals surface area contributed by atoms with Crippen LogP contribution >= 0.6 is 0 Å². The summed E-state index contributed by atoms with van der Waals surface area (Å²) in [5, 5.41) is -0.357.